The van der Waals surface area contributed by atoms with Crippen LogP contribution in [0.2, 0.25) is 0 Å². The standard InChI is InChI=1S/C16H17BrN2O2/c1-3-15(12-5-4-6-13(17)9-12)18-16-10-14(19(20)21)8-7-11(16)2/h4-10,15,18H,3H2,1-2H3. The van der Waals surface area contributed by atoms with Gasteiger partial charge in [-0.1, -0.05) is 41.1 Å². The first-order valence-corrected chi connectivity index (χ1v) is 7.57. The van der Waals surface area contributed by atoms with Gasteiger partial charge in [-0.2, -0.15) is 0 Å². The van der Waals surface area contributed by atoms with Gasteiger partial charge in [-0.25, -0.2) is 0 Å². The van der Waals surface area contributed by atoms with Crippen molar-refractivity contribution in [1.29, 1.82) is 0 Å². The lowest BCUT2D eigenvalue weighted by Gasteiger charge is -2.20. The van der Waals surface area contributed by atoms with Crippen molar-refractivity contribution in [3.63, 3.8) is 0 Å². The Balaban J connectivity index is 2.30. The molecule has 1 unspecified atom stereocenters. The van der Waals surface area contributed by atoms with Crippen LogP contribution in [0.1, 0.15) is 30.5 Å². The van der Waals surface area contributed by atoms with E-state index in [4.69, 9.17) is 0 Å². The molecule has 0 aliphatic rings. The van der Waals surface area contributed by atoms with Gasteiger partial charge in [0.2, 0.25) is 0 Å². The van der Waals surface area contributed by atoms with Gasteiger partial charge < -0.3 is 5.32 Å². The maximum Gasteiger partial charge on any atom is 0.271 e. The molecule has 2 aromatic carbocycles. The maximum atomic E-state index is 10.9. The lowest BCUT2D eigenvalue weighted by molar-refractivity contribution is -0.384. The number of aryl methyl sites for hydroxylation is 1. The van der Waals surface area contributed by atoms with E-state index in [9.17, 15) is 10.1 Å². The van der Waals surface area contributed by atoms with Crippen molar-refractivity contribution >= 4 is 27.3 Å². The van der Waals surface area contributed by atoms with E-state index in [-0.39, 0.29) is 16.7 Å². The molecule has 0 aliphatic heterocycles. The first kappa shape index (κ1) is 15.5. The molecular weight excluding hydrogens is 332 g/mol. The molecule has 21 heavy (non-hydrogen) atoms. The number of nitro benzene ring substituents is 1. The summed E-state index contributed by atoms with van der Waals surface area (Å²) in [5, 5.41) is 14.3. The molecule has 1 N–H and O–H groups in total. The highest BCUT2D eigenvalue weighted by Gasteiger charge is 2.13. The number of benzene rings is 2. The van der Waals surface area contributed by atoms with Crippen LogP contribution in [-0.4, -0.2) is 4.92 Å². The summed E-state index contributed by atoms with van der Waals surface area (Å²) in [5.41, 5.74) is 3.05. The lowest BCUT2D eigenvalue weighted by atomic mass is 10.0. The van der Waals surface area contributed by atoms with Gasteiger partial charge in [-0.05, 0) is 36.6 Å². The van der Waals surface area contributed by atoms with Crippen LogP contribution in [0.3, 0.4) is 0 Å². The van der Waals surface area contributed by atoms with E-state index in [1.807, 2.05) is 19.1 Å². The third kappa shape index (κ3) is 3.82. The summed E-state index contributed by atoms with van der Waals surface area (Å²) in [7, 11) is 0. The minimum absolute atomic E-state index is 0.104. The molecule has 0 bridgehead atoms. The quantitative estimate of drug-likeness (QED) is 0.594. The van der Waals surface area contributed by atoms with E-state index < -0.39 is 0 Å². The molecule has 4 nitrogen and oxygen atoms in total. The largest absolute Gasteiger partial charge is 0.378 e. The molecule has 2 aromatic rings. The second-order valence-electron chi connectivity index (χ2n) is 4.92. The Morgan fingerprint density at radius 3 is 2.67 bits per heavy atom. The second-order valence-corrected chi connectivity index (χ2v) is 5.83. The van der Waals surface area contributed by atoms with Gasteiger partial charge in [0.15, 0.2) is 0 Å². The summed E-state index contributed by atoms with van der Waals surface area (Å²) in [6.45, 7) is 4.03. The van der Waals surface area contributed by atoms with E-state index in [0.29, 0.717) is 0 Å². The molecule has 0 fully saturated rings. The molecule has 2 rings (SSSR count). The number of hydrogen-bond acceptors (Lipinski definition) is 3. The Kier molecular flexibility index (Phi) is 4.96. The van der Waals surface area contributed by atoms with Crippen LogP contribution in [0, 0.1) is 17.0 Å². The molecule has 0 saturated heterocycles. The average Bonchev–Trinajstić information content (AvgIpc) is 2.46. The monoisotopic (exact) mass is 348 g/mol. The van der Waals surface area contributed by atoms with Gasteiger partial charge in [0.05, 0.1) is 11.0 Å². The third-order valence-corrected chi connectivity index (χ3v) is 3.91. The van der Waals surface area contributed by atoms with Crippen LogP contribution in [0.15, 0.2) is 46.9 Å². The van der Waals surface area contributed by atoms with Crippen LogP contribution < -0.4 is 5.32 Å². The van der Waals surface area contributed by atoms with Gasteiger partial charge in [0.1, 0.15) is 0 Å². The van der Waals surface area contributed by atoms with Crippen LogP contribution in [-0.2, 0) is 0 Å². The zero-order valence-electron chi connectivity index (χ0n) is 12.0. The van der Waals surface area contributed by atoms with Crippen molar-refractivity contribution in [3.8, 4) is 0 Å². The number of nitro groups is 1. The van der Waals surface area contributed by atoms with Gasteiger partial charge in [0.25, 0.3) is 5.69 Å². The molecule has 5 heteroatoms. The van der Waals surface area contributed by atoms with Crippen molar-refractivity contribution in [2.45, 2.75) is 26.3 Å². The molecule has 0 amide bonds. The number of hydrogen-bond donors (Lipinski definition) is 1. The summed E-state index contributed by atoms with van der Waals surface area (Å²) in [4.78, 5) is 10.5. The Hall–Kier alpha value is -1.88. The summed E-state index contributed by atoms with van der Waals surface area (Å²) in [6.07, 6.45) is 0.887. The van der Waals surface area contributed by atoms with E-state index in [0.717, 1.165) is 27.7 Å². The highest BCUT2D eigenvalue weighted by molar-refractivity contribution is 9.10. The number of non-ortho nitro benzene ring substituents is 1. The SMILES string of the molecule is CCC(Nc1cc([N+](=O)[O-])ccc1C)c1cccc(Br)c1. The van der Waals surface area contributed by atoms with Crippen molar-refractivity contribution in [3.05, 3.63) is 68.2 Å². The number of anilines is 1. The molecule has 0 heterocycles. The zero-order valence-corrected chi connectivity index (χ0v) is 13.6. The zero-order chi connectivity index (χ0) is 15.4. The summed E-state index contributed by atoms with van der Waals surface area (Å²) < 4.78 is 1.02. The van der Waals surface area contributed by atoms with Crippen LogP contribution in [0.5, 0.6) is 0 Å². The molecule has 0 aliphatic carbocycles. The second kappa shape index (κ2) is 6.72. The maximum absolute atomic E-state index is 10.9. The molecule has 0 aromatic heterocycles. The van der Waals surface area contributed by atoms with E-state index >= 15 is 0 Å². The fraction of sp³-hybridized carbons (Fsp3) is 0.250. The smallest absolute Gasteiger partial charge is 0.271 e. The highest BCUT2D eigenvalue weighted by atomic mass is 79.9. The number of rotatable bonds is 5. The topological polar surface area (TPSA) is 55.2 Å². The minimum atomic E-state index is -0.370. The Morgan fingerprint density at radius 1 is 1.29 bits per heavy atom. The highest BCUT2D eigenvalue weighted by Crippen LogP contribution is 2.28. The molecule has 0 radical (unpaired) electrons. The molecular formula is C16H17BrN2O2. The van der Waals surface area contributed by atoms with E-state index in [1.165, 1.54) is 6.07 Å². The number of halogens is 1. The first-order chi connectivity index (χ1) is 10.0. The van der Waals surface area contributed by atoms with E-state index in [1.54, 1.807) is 12.1 Å². The predicted molar refractivity (Wildman–Crippen MR) is 88.6 cm³/mol. The minimum Gasteiger partial charge on any atom is -0.378 e. The Morgan fingerprint density at radius 2 is 2.05 bits per heavy atom. The number of nitrogens with one attached hydrogen (secondary N) is 1. The summed E-state index contributed by atoms with van der Waals surface area (Å²) in [5.74, 6) is 0. The Labute approximate surface area is 132 Å². The van der Waals surface area contributed by atoms with Gasteiger partial charge in [-0.15, -0.1) is 0 Å². The van der Waals surface area contributed by atoms with Crippen LogP contribution >= 0.6 is 15.9 Å². The molecule has 110 valence electrons. The average molecular weight is 349 g/mol. The van der Waals surface area contributed by atoms with Crippen molar-refractivity contribution < 1.29 is 4.92 Å². The van der Waals surface area contributed by atoms with Gasteiger partial charge >= 0.3 is 0 Å². The van der Waals surface area contributed by atoms with Gasteiger partial charge in [-0.3, -0.25) is 10.1 Å². The van der Waals surface area contributed by atoms with E-state index in [2.05, 4.69) is 40.3 Å². The summed E-state index contributed by atoms with van der Waals surface area (Å²) in [6, 6.07) is 13.1. The van der Waals surface area contributed by atoms with Crippen molar-refractivity contribution in [2.24, 2.45) is 0 Å². The normalized spacial score (nSPS) is 12.0. The summed E-state index contributed by atoms with van der Waals surface area (Å²) >= 11 is 3.47. The predicted octanol–water partition coefficient (Wildman–Crippen LogP) is 5.23. The van der Waals surface area contributed by atoms with Gasteiger partial charge in [0, 0.05) is 22.3 Å². The van der Waals surface area contributed by atoms with Crippen molar-refractivity contribution in [2.75, 3.05) is 5.32 Å². The fourth-order valence-electron chi connectivity index (χ4n) is 2.21. The van der Waals surface area contributed by atoms with Crippen LogP contribution in [0.25, 0.3) is 0 Å². The third-order valence-electron chi connectivity index (χ3n) is 3.42. The molecule has 1 atom stereocenters. The first-order valence-electron chi connectivity index (χ1n) is 6.78. The van der Waals surface area contributed by atoms with Crippen LogP contribution in [0.4, 0.5) is 11.4 Å². The van der Waals surface area contributed by atoms with Crippen molar-refractivity contribution in [1.82, 2.24) is 0 Å². The number of nitrogens with zero attached hydrogens (tertiary/aromatic N) is 1. The molecule has 0 saturated carbocycles. The Bertz CT molecular complexity index is 658. The fourth-order valence-corrected chi connectivity index (χ4v) is 2.63. The molecule has 0 spiro atoms. The lowest BCUT2D eigenvalue weighted by Crippen LogP contribution is -2.10.